The van der Waals surface area contributed by atoms with Gasteiger partial charge in [-0.15, -0.1) is 0 Å². The van der Waals surface area contributed by atoms with E-state index in [9.17, 15) is 13.2 Å². The number of aromatic nitrogens is 1. The Hall–Kier alpha value is -1.18. The third-order valence-electron chi connectivity index (χ3n) is 3.81. The Morgan fingerprint density at radius 2 is 2.21 bits per heavy atom. The summed E-state index contributed by atoms with van der Waals surface area (Å²) in [5.41, 5.74) is -0.472. The molecule has 2 heterocycles. The molecule has 0 amide bonds. The fourth-order valence-corrected chi connectivity index (χ4v) is 4.62. The van der Waals surface area contributed by atoms with Crippen LogP contribution in [0.1, 0.15) is 19.3 Å². The van der Waals surface area contributed by atoms with Crippen molar-refractivity contribution in [2.24, 2.45) is 0 Å². The van der Waals surface area contributed by atoms with Crippen LogP contribution in [0.4, 0.5) is 0 Å². The smallest absolute Gasteiger partial charge is 0.248 e. The number of fused-ring (bicyclic) bond motifs is 1. The van der Waals surface area contributed by atoms with Gasteiger partial charge in [0.15, 0.2) is 0 Å². The molecule has 1 aromatic rings. The molecule has 1 aromatic heterocycles. The van der Waals surface area contributed by atoms with Gasteiger partial charge in [0, 0.05) is 25.0 Å². The molecule has 3 rings (SSSR count). The van der Waals surface area contributed by atoms with Crippen LogP contribution in [0.25, 0.3) is 0 Å². The summed E-state index contributed by atoms with van der Waals surface area (Å²) in [6.07, 6.45) is 5.32. The Labute approximate surface area is 111 Å². The number of hydrogen-bond acceptors (Lipinski definition) is 4. The number of hydrogen-bond donors (Lipinski definition) is 1. The van der Waals surface area contributed by atoms with E-state index >= 15 is 0 Å². The maximum Gasteiger partial charge on any atom is 0.248 e. The molecule has 1 aliphatic carbocycles. The Bertz CT molecular complexity index is 625. The van der Waals surface area contributed by atoms with Crippen LogP contribution < -0.4 is 5.43 Å². The number of nitrogens with one attached hydrogen (secondary N) is 1. The van der Waals surface area contributed by atoms with Gasteiger partial charge in [0.25, 0.3) is 0 Å². The largest absolute Gasteiger partial charge is 0.375 e. The van der Waals surface area contributed by atoms with Crippen molar-refractivity contribution >= 4 is 10.0 Å². The average molecular weight is 284 g/mol. The Balaban J connectivity index is 2.00. The molecule has 0 spiro atoms. The number of rotatable bonds is 2. The summed E-state index contributed by atoms with van der Waals surface area (Å²) in [6, 6.07) is 1.11. The van der Waals surface area contributed by atoms with Gasteiger partial charge in [-0.05, 0) is 19.3 Å². The van der Waals surface area contributed by atoms with Crippen molar-refractivity contribution in [2.45, 2.75) is 36.3 Å². The monoisotopic (exact) mass is 284 g/mol. The summed E-state index contributed by atoms with van der Waals surface area (Å²) in [4.78, 5) is 14.2. The standard InChI is InChI=1S/C12H16N2O4S/c15-10-4-5-13-8-12(10)19(16,17)14-6-7-18-11-3-1-2-9(11)14/h4-5,8-9,11H,1-3,6-7H2,(H,13,15). The second-order valence-corrected chi connectivity index (χ2v) is 6.76. The maximum absolute atomic E-state index is 12.6. The number of ether oxygens (including phenoxy) is 1. The summed E-state index contributed by atoms with van der Waals surface area (Å²) in [7, 11) is -3.74. The van der Waals surface area contributed by atoms with E-state index in [4.69, 9.17) is 4.74 Å². The van der Waals surface area contributed by atoms with Gasteiger partial charge in [-0.25, -0.2) is 8.42 Å². The van der Waals surface area contributed by atoms with Crippen LogP contribution in [0.3, 0.4) is 0 Å². The molecule has 1 N–H and O–H groups in total. The van der Waals surface area contributed by atoms with Crippen molar-refractivity contribution in [2.75, 3.05) is 13.2 Å². The molecule has 2 aliphatic rings. The predicted molar refractivity (Wildman–Crippen MR) is 68.3 cm³/mol. The quantitative estimate of drug-likeness (QED) is 0.848. The van der Waals surface area contributed by atoms with Crippen LogP contribution in [-0.4, -0.2) is 43.0 Å². The Morgan fingerprint density at radius 1 is 1.37 bits per heavy atom. The van der Waals surface area contributed by atoms with Crippen molar-refractivity contribution in [1.82, 2.24) is 9.29 Å². The first-order valence-electron chi connectivity index (χ1n) is 6.41. The lowest BCUT2D eigenvalue weighted by Gasteiger charge is -2.36. The van der Waals surface area contributed by atoms with E-state index in [1.165, 1.54) is 22.8 Å². The van der Waals surface area contributed by atoms with E-state index < -0.39 is 15.5 Å². The number of morpholine rings is 1. The minimum absolute atomic E-state index is 0.0219. The molecule has 0 radical (unpaired) electrons. The third kappa shape index (κ3) is 2.11. The molecule has 2 atom stereocenters. The molecule has 19 heavy (non-hydrogen) atoms. The first kappa shape index (κ1) is 12.8. The van der Waals surface area contributed by atoms with Crippen LogP contribution in [0.15, 0.2) is 28.2 Å². The number of nitrogens with zero attached hydrogens (tertiary/aromatic N) is 1. The molecule has 2 fully saturated rings. The van der Waals surface area contributed by atoms with Gasteiger partial charge in [0.1, 0.15) is 4.90 Å². The van der Waals surface area contributed by atoms with E-state index in [0.717, 1.165) is 19.3 Å². The molecule has 1 saturated carbocycles. The molecule has 1 aliphatic heterocycles. The molecule has 6 nitrogen and oxygen atoms in total. The molecular weight excluding hydrogens is 268 g/mol. The van der Waals surface area contributed by atoms with Gasteiger partial charge in [-0.3, -0.25) is 4.79 Å². The third-order valence-corrected chi connectivity index (χ3v) is 5.75. The SMILES string of the molecule is O=c1cc[nH]cc1S(=O)(=O)N1CCOC2CCCC21. The summed E-state index contributed by atoms with van der Waals surface area (Å²) in [6.45, 7) is 0.711. The van der Waals surface area contributed by atoms with Crippen molar-refractivity contribution < 1.29 is 13.2 Å². The lowest BCUT2D eigenvalue weighted by Crippen LogP contribution is -2.51. The summed E-state index contributed by atoms with van der Waals surface area (Å²) >= 11 is 0. The van der Waals surface area contributed by atoms with E-state index in [2.05, 4.69) is 4.98 Å². The number of sulfonamides is 1. The van der Waals surface area contributed by atoms with Crippen LogP contribution in [0, 0.1) is 0 Å². The zero-order valence-corrected chi connectivity index (χ0v) is 11.2. The molecule has 1 saturated heterocycles. The number of H-pyrrole nitrogens is 1. The van der Waals surface area contributed by atoms with Gasteiger partial charge in [-0.2, -0.15) is 4.31 Å². The average Bonchev–Trinajstić information content (AvgIpc) is 2.86. The fraction of sp³-hybridized carbons (Fsp3) is 0.583. The lowest BCUT2D eigenvalue weighted by molar-refractivity contribution is -0.0242. The first-order chi connectivity index (χ1) is 9.10. The van der Waals surface area contributed by atoms with E-state index in [-0.39, 0.29) is 17.0 Å². The second-order valence-electron chi connectivity index (χ2n) is 4.90. The van der Waals surface area contributed by atoms with E-state index in [1.54, 1.807) is 0 Å². The maximum atomic E-state index is 12.6. The lowest BCUT2D eigenvalue weighted by atomic mass is 10.2. The zero-order valence-electron chi connectivity index (χ0n) is 10.4. The van der Waals surface area contributed by atoms with Gasteiger partial charge in [0.2, 0.25) is 15.5 Å². The summed E-state index contributed by atoms with van der Waals surface area (Å²) in [5.74, 6) is 0. The second kappa shape index (κ2) is 4.73. The van der Waals surface area contributed by atoms with Crippen molar-refractivity contribution in [3.8, 4) is 0 Å². The van der Waals surface area contributed by atoms with Crippen molar-refractivity contribution in [3.63, 3.8) is 0 Å². The van der Waals surface area contributed by atoms with Crippen molar-refractivity contribution in [3.05, 3.63) is 28.7 Å². The van der Waals surface area contributed by atoms with Gasteiger partial charge >= 0.3 is 0 Å². The van der Waals surface area contributed by atoms with Crippen molar-refractivity contribution in [1.29, 1.82) is 0 Å². The Morgan fingerprint density at radius 3 is 3.00 bits per heavy atom. The fourth-order valence-electron chi connectivity index (χ4n) is 2.92. The van der Waals surface area contributed by atoms with E-state index in [0.29, 0.717) is 13.2 Å². The summed E-state index contributed by atoms with van der Waals surface area (Å²) < 4.78 is 32.2. The van der Waals surface area contributed by atoms with Gasteiger partial charge in [-0.1, -0.05) is 0 Å². The number of aromatic amines is 1. The van der Waals surface area contributed by atoms with E-state index in [1.807, 2.05) is 0 Å². The molecule has 0 aromatic carbocycles. The number of pyridine rings is 1. The van der Waals surface area contributed by atoms with Gasteiger partial charge in [0.05, 0.1) is 18.8 Å². The summed E-state index contributed by atoms with van der Waals surface area (Å²) in [5, 5.41) is 0. The highest BCUT2D eigenvalue weighted by Gasteiger charge is 2.42. The predicted octanol–water partition coefficient (Wildman–Crippen LogP) is 0.317. The Kier molecular flexibility index (Phi) is 3.20. The van der Waals surface area contributed by atoms with Crippen LogP contribution in [0.2, 0.25) is 0 Å². The highest BCUT2D eigenvalue weighted by Crippen LogP contribution is 2.32. The molecule has 0 bridgehead atoms. The first-order valence-corrected chi connectivity index (χ1v) is 7.85. The van der Waals surface area contributed by atoms with Crippen LogP contribution in [-0.2, 0) is 14.8 Å². The molecular formula is C12H16N2O4S. The van der Waals surface area contributed by atoms with Gasteiger partial charge < -0.3 is 9.72 Å². The molecule has 104 valence electrons. The molecule has 7 heteroatoms. The van der Waals surface area contributed by atoms with Crippen LogP contribution in [0.5, 0.6) is 0 Å². The minimum Gasteiger partial charge on any atom is -0.375 e. The van der Waals surface area contributed by atoms with Crippen LogP contribution >= 0.6 is 0 Å². The normalized spacial score (nSPS) is 28.2. The minimum atomic E-state index is -3.74. The molecule has 2 unspecified atom stereocenters. The topological polar surface area (TPSA) is 79.5 Å². The highest BCUT2D eigenvalue weighted by atomic mass is 32.2. The zero-order chi connectivity index (χ0) is 13.5. The highest BCUT2D eigenvalue weighted by molar-refractivity contribution is 7.89.